The van der Waals surface area contributed by atoms with Crippen LogP contribution in [0.5, 0.6) is 0 Å². The van der Waals surface area contributed by atoms with E-state index in [1.807, 2.05) is 58.0 Å². The van der Waals surface area contributed by atoms with Crippen LogP contribution in [0, 0.1) is 25.7 Å². The number of aliphatic carboxylic acids is 1. The molecule has 234 valence electrons. The van der Waals surface area contributed by atoms with Crippen LogP contribution in [-0.2, 0) is 40.5 Å². The highest BCUT2D eigenvalue weighted by Gasteiger charge is 2.37. The van der Waals surface area contributed by atoms with Gasteiger partial charge < -0.3 is 5.11 Å². The van der Waals surface area contributed by atoms with Crippen LogP contribution in [0.25, 0.3) is 11.0 Å². The van der Waals surface area contributed by atoms with Crippen molar-refractivity contribution in [2.45, 2.75) is 71.1 Å². The lowest BCUT2D eigenvalue weighted by molar-refractivity contribution is -0.141. The highest BCUT2D eigenvalue weighted by Crippen LogP contribution is 2.39. The number of fused-ring (bicyclic) bond motifs is 2. The molecule has 0 saturated heterocycles. The number of sulfonamides is 1. The lowest BCUT2D eigenvalue weighted by Crippen LogP contribution is -2.33. The predicted molar refractivity (Wildman–Crippen MR) is 160 cm³/mol. The van der Waals surface area contributed by atoms with Gasteiger partial charge in [-0.15, -0.1) is 5.10 Å². The van der Waals surface area contributed by atoms with Gasteiger partial charge in [0.15, 0.2) is 0 Å². The molecule has 1 N–H and O–H groups in total. The molecule has 3 aromatic carbocycles. The first-order valence-electron chi connectivity index (χ1n) is 14.5. The molecule has 3 atom stereocenters. The van der Waals surface area contributed by atoms with Gasteiger partial charge in [0.05, 0.1) is 21.9 Å². The van der Waals surface area contributed by atoms with Gasteiger partial charge in [-0.25, -0.2) is 13.1 Å². The zero-order valence-corrected chi connectivity index (χ0v) is 26.0. The van der Waals surface area contributed by atoms with Gasteiger partial charge >= 0.3 is 12.1 Å². The molecule has 12 heteroatoms. The number of halogens is 3. The molecule has 2 unspecified atom stereocenters. The third-order valence-corrected chi connectivity index (χ3v) is 10.6. The fourth-order valence-electron chi connectivity index (χ4n) is 6.22. The van der Waals surface area contributed by atoms with E-state index in [1.165, 1.54) is 4.31 Å². The second-order valence-electron chi connectivity index (χ2n) is 11.8. The maximum atomic E-state index is 13.8. The van der Waals surface area contributed by atoms with Gasteiger partial charge in [0.1, 0.15) is 5.52 Å². The topological polar surface area (TPSA) is 105 Å². The molecule has 0 radical (unpaired) electrons. The number of nitrogens with zero attached hydrogens (tertiary/aromatic N) is 4. The second-order valence-corrected chi connectivity index (χ2v) is 13.7. The molecular formula is C32H35F3N4O4S. The van der Waals surface area contributed by atoms with E-state index in [0.29, 0.717) is 23.2 Å². The summed E-state index contributed by atoms with van der Waals surface area (Å²) in [6, 6.07) is 12.2. The van der Waals surface area contributed by atoms with Crippen molar-refractivity contribution in [2.24, 2.45) is 11.8 Å². The van der Waals surface area contributed by atoms with E-state index < -0.39 is 39.6 Å². The molecule has 1 aliphatic heterocycles. The van der Waals surface area contributed by atoms with Gasteiger partial charge in [-0.2, -0.15) is 17.5 Å². The Hall–Kier alpha value is -3.77. The Morgan fingerprint density at radius 3 is 2.50 bits per heavy atom. The van der Waals surface area contributed by atoms with Crippen molar-refractivity contribution in [3.63, 3.8) is 0 Å². The average molecular weight is 629 g/mol. The summed E-state index contributed by atoms with van der Waals surface area (Å²) in [7, 11) is -4.12. The van der Waals surface area contributed by atoms with E-state index in [-0.39, 0.29) is 35.9 Å². The van der Waals surface area contributed by atoms with Crippen molar-refractivity contribution in [3.05, 3.63) is 87.5 Å². The highest BCUT2D eigenvalue weighted by atomic mass is 32.2. The van der Waals surface area contributed by atoms with Gasteiger partial charge in [0, 0.05) is 25.6 Å². The highest BCUT2D eigenvalue weighted by molar-refractivity contribution is 7.89. The third-order valence-electron chi connectivity index (χ3n) is 8.67. The number of carbonyl (C=O) groups is 1. The molecule has 2 heterocycles. The van der Waals surface area contributed by atoms with E-state index in [2.05, 4.69) is 10.3 Å². The Labute approximate surface area is 254 Å². The smallest absolute Gasteiger partial charge is 0.416 e. The number of benzene rings is 3. The monoisotopic (exact) mass is 628 g/mol. The number of alkyl halides is 3. The van der Waals surface area contributed by atoms with Gasteiger partial charge in [-0.1, -0.05) is 43.3 Å². The van der Waals surface area contributed by atoms with Crippen LogP contribution in [0.15, 0.2) is 53.4 Å². The molecule has 44 heavy (non-hydrogen) atoms. The number of hydrogen-bond acceptors (Lipinski definition) is 5. The fraction of sp³-hybridized carbons (Fsp3) is 0.406. The molecule has 1 aliphatic rings. The molecule has 1 aromatic heterocycles. The molecule has 5 rings (SSSR count). The summed E-state index contributed by atoms with van der Waals surface area (Å²) in [5, 5.41) is 18.7. The van der Waals surface area contributed by atoms with E-state index >= 15 is 0 Å². The first-order valence-corrected chi connectivity index (χ1v) is 15.9. The summed E-state index contributed by atoms with van der Waals surface area (Å²) in [5.74, 6) is -2.60. The normalized spacial score (nSPS) is 18.5. The molecule has 0 aliphatic carbocycles. The van der Waals surface area contributed by atoms with Crippen LogP contribution >= 0.6 is 0 Å². The first-order chi connectivity index (χ1) is 20.6. The SMILES string of the molecule is CCn1nnc2c(C)c(C(c3ccc(C)c(CN4C[C@@H](C)Cc5cc(C(F)(F)F)ccc5S4(=O)=O)c3)C(C)C(=O)O)ccc21. The van der Waals surface area contributed by atoms with Crippen LogP contribution < -0.4 is 0 Å². The molecule has 0 bridgehead atoms. The van der Waals surface area contributed by atoms with Gasteiger partial charge in [0.2, 0.25) is 10.0 Å². The van der Waals surface area contributed by atoms with Crippen molar-refractivity contribution in [2.75, 3.05) is 6.54 Å². The summed E-state index contributed by atoms with van der Waals surface area (Å²) >= 11 is 0. The number of carboxylic acid groups (broad SMARTS) is 1. The van der Waals surface area contributed by atoms with E-state index in [1.54, 1.807) is 11.6 Å². The van der Waals surface area contributed by atoms with Crippen LogP contribution in [0.2, 0.25) is 0 Å². The minimum absolute atomic E-state index is 0.0101. The van der Waals surface area contributed by atoms with Crippen LogP contribution in [0.3, 0.4) is 0 Å². The lowest BCUT2D eigenvalue weighted by Gasteiger charge is -2.27. The predicted octanol–water partition coefficient (Wildman–Crippen LogP) is 6.32. The molecule has 0 amide bonds. The Kier molecular flexibility index (Phi) is 8.36. The first kappa shape index (κ1) is 31.6. The molecular weight excluding hydrogens is 593 g/mol. The Bertz CT molecular complexity index is 1850. The summed E-state index contributed by atoms with van der Waals surface area (Å²) in [6.07, 6.45) is -4.39. The zero-order valence-electron chi connectivity index (χ0n) is 25.2. The minimum Gasteiger partial charge on any atom is -0.481 e. The Morgan fingerprint density at radius 1 is 1.11 bits per heavy atom. The zero-order chi connectivity index (χ0) is 32.1. The van der Waals surface area contributed by atoms with Crippen molar-refractivity contribution in [1.29, 1.82) is 0 Å². The maximum absolute atomic E-state index is 13.8. The molecule has 0 saturated carbocycles. The van der Waals surface area contributed by atoms with E-state index in [9.17, 15) is 31.5 Å². The molecule has 0 spiro atoms. The maximum Gasteiger partial charge on any atom is 0.416 e. The summed E-state index contributed by atoms with van der Waals surface area (Å²) in [5.41, 5.74) is 4.64. The molecule has 0 fully saturated rings. The Morgan fingerprint density at radius 2 is 1.84 bits per heavy atom. The van der Waals surface area contributed by atoms with Crippen LogP contribution in [-0.4, -0.2) is 45.3 Å². The fourth-order valence-corrected chi connectivity index (χ4v) is 7.97. The number of carboxylic acids is 1. The molecule has 8 nitrogen and oxygen atoms in total. The van der Waals surface area contributed by atoms with E-state index in [4.69, 9.17) is 0 Å². The van der Waals surface area contributed by atoms with Crippen LogP contribution in [0.4, 0.5) is 13.2 Å². The standard InChI is InChI=1S/C32H35F3N4O4S/c1-6-39-27-11-10-26(20(4)30(27)36-37-39)29(21(5)31(40)41)22-8-7-19(3)24(14-22)17-38-16-18(2)13-23-15-25(32(33,34)35)9-12-28(23)44(38,42)43/h7-12,14-15,18,21,29H,6,13,16-17H2,1-5H3,(H,40,41)/t18-,21?,29?/m0/s1. The quantitative estimate of drug-likeness (QED) is 0.257. The third kappa shape index (κ3) is 5.72. The molecule has 4 aromatic rings. The average Bonchev–Trinajstić information content (AvgIpc) is 3.35. The van der Waals surface area contributed by atoms with Crippen molar-refractivity contribution in [3.8, 4) is 0 Å². The van der Waals surface area contributed by atoms with Gasteiger partial charge in [-0.05, 0) is 90.8 Å². The van der Waals surface area contributed by atoms with E-state index in [0.717, 1.165) is 40.4 Å². The van der Waals surface area contributed by atoms with Crippen LogP contribution in [0.1, 0.15) is 65.6 Å². The Balaban J connectivity index is 1.57. The van der Waals surface area contributed by atoms with Crippen molar-refractivity contribution >= 4 is 27.0 Å². The number of hydrogen-bond donors (Lipinski definition) is 1. The minimum atomic E-state index is -4.58. The largest absolute Gasteiger partial charge is 0.481 e. The lowest BCUT2D eigenvalue weighted by atomic mass is 9.79. The van der Waals surface area contributed by atoms with Gasteiger partial charge in [-0.3, -0.25) is 4.79 Å². The second kappa shape index (κ2) is 11.6. The number of aryl methyl sites for hydroxylation is 3. The summed E-state index contributed by atoms with van der Waals surface area (Å²) in [4.78, 5) is 12.2. The number of rotatable bonds is 7. The summed E-state index contributed by atoms with van der Waals surface area (Å²) < 4.78 is 71.0. The van der Waals surface area contributed by atoms with Crippen molar-refractivity contribution in [1.82, 2.24) is 19.3 Å². The van der Waals surface area contributed by atoms with Crippen molar-refractivity contribution < 1.29 is 31.5 Å². The number of aromatic nitrogens is 3. The summed E-state index contributed by atoms with van der Waals surface area (Å²) in [6.45, 7) is 9.93. The van der Waals surface area contributed by atoms with Gasteiger partial charge in [0.25, 0.3) is 0 Å².